The molecule has 1 aromatic heterocycles. The van der Waals surface area contributed by atoms with Crippen LogP contribution in [0.4, 0.5) is 0 Å². The van der Waals surface area contributed by atoms with Crippen molar-refractivity contribution >= 4 is 29.6 Å². The van der Waals surface area contributed by atoms with Crippen LogP contribution in [0.3, 0.4) is 0 Å². The Morgan fingerprint density at radius 2 is 1.76 bits per heavy atom. The summed E-state index contributed by atoms with van der Waals surface area (Å²) >= 11 is 0. The van der Waals surface area contributed by atoms with Gasteiger partial charge in [0.15, 0.2) is 5.78 Å². The number of hydrogen-bond donors (Lipinski definition) is 3. The van der Waals surface area contributed by atoms with Gasteiger partial charge >= 0.3 is 6.92 Å². The highest BCUT2D eigenvalue weighted by Crippen LogP contribution is 2.31. The van der Waals surface area contributed by atoms with Crippen LogP contribution in [0.1, 0.15) is 48.0 Å². The molecule has 3 N–H and O–H groups in total. The minimum Gasteiger partial charge on any atom is -0.449 e. The molecule has 1 amide bonds. The Labute approximate surface area is 224 Å². The lowest BCUT2D eigenvalue weighted by molar-refractivity contribution is -0.125. The van der Waals surface area contributed by atoms with Gasteiger partial charge in [-0.3, -0.25) is 9.59 Å². The van der Waals surface area contributed by atoms with E-state index in [2.05, 4.69) is 15.3 Å². The van der Waals surface area contributed by atoms with Crippen molar-refractivity contribution in [3.8, 4) is 11.4 Å². The maximum Gasteiger partial charge on any atom is 0.308 e. The fraction of sp³-hybridized carbons (Fsp3) is 0.323. The molecule has 0 unspecified atom stereocenters. The lowest BCUT2D eigenvalue weighted by Gasteiger charge is -2.31. The standard InChI is InChI=1S/C31H34BN3O3/c1-32(38)29(18-22-11-8-12-22)35-31(37)25(17-21-9-4-2-5-10-21)20-28(36)24-15-16-26-27(19-24)34-30(33-26)23-13-6-3-7-14-23/h2-7,9-10,13-16,19,22,25,29,38H,8,11-12,17-18,20H2,1H3,(H,33,34)(H,35,37)/t25-,29+/m1/s1. The molecule has 1 fully saturated rings. The molecule has 1 saturated carbocycles. The first-order valence-corrected chi connectivity index (χ1v) is 13.6. The van der Waals surface area contributed by atoms with Gasteiger partial charge in [-0.05, 0) is 42.5 Å². The fourth-order valence-electron chi connectivity index (χ4n) is 5.18. The van der Waals surface area contributed by atoms with Gasteiger partial charge < -0.3 is 15.3 Å². The Hall–Kier alpha value is -3.71. The van der Waals surface area contributed by atoms with Crippen molar-refractivity contribution < 1.29 is 14.6 Å². The Kier molecular flexibility index (Phi) is 8.04. The summed E-state index contributed by atoms with van der Waals surface area (Å²) in [7, 11) is 0. The van der Waals surface area contributed by atoms with Gasteiger partial charge in [-0.15, -0.1) is 0 Å². The van der Waals surface area contributed by atoms with Crippen LogP contribution >= 0.6 is 0 Å². The molecule has 5 rings (SSSR count). The van der Waals surface area contributed by atoms with Crippen molar-refractivity contribution in [2.24, 2.45) is 11.8 Å². The maximum absolute atomic E-state index is 13.5. The number of amides is 1. The number of nitrogens with zero attached hydrogens (tertiary/aromatic N) is 1. The molecule has 0 saturated heterocycles. The zero-order valence-electron chi connectivity index (χ0n) is 21.8. The van der Waals surface area contributed by atoms with Crippen LogP contribution in [0, 0.1) is 11.8 Å². The Morgan fingerprint density at radius 3 is 2.42 bits per heavy atom. The van der Waals surface area contributed by atoms with E-state index in [1.165, 1.54) is 6.42 Å². The molecule has 4 aromatic rings. The Bertz CT molecular complexity index is 1380. The molecule has 0 aliphatic heterocycles. The van der Waals surface area contributed by atoms with E-state index in [1.807, 2.05) is 72.8 Å². The number of benzene rings is 3. The number of carbonyl (C=O) groups is 2. The van der Waals surface area contributed by atoms with Gasteiger partial charge in [0.1, 0.15) is 5.82 Å². The summed E-state index contributed by atoms with van der Waals surface area (Å²) in [6.07, 6.45) is 4.82. The second-order valence-corrected chi connectivity index (χ2v) is 10.6. The van der Waals surface area contributed by atoms with Crippen molar-refractivity contribution in [2.45, 2.75) is 51.3 Å². The van der Waals surface area contributed by atoms with Gasteiger partial charge in [0.05, 0.1) is 11.0 Å². The van der Waals surface area contributed by atoms with E-state index in [0.29, 0.717) is 17.9 Å². The molecular formula is C31H34BN3O3. The summed E-state index contributed by atoms with van der Waals surface area (Å²) in [6, 6.07) is 25.1. The van der Waals surface area contributed by atoms with Gasteiger partial charge in [0, 0.05) is 29.4 Å². The quantitative estimate of drug-likeness (QED) is 0.185. The number of rotatable bonds is 11. The van der Waals surface area contributed by atoms with Crippen molar-refractivity contribution in [2.75, 3.05) is 0 Å². The second kappa shape index (κ2) is 11.8. The van der Waals surface area contributed by atoms with Crippen LogP contribution in [0.2, 0.25) is 6.82 Å². The summed E-state index contributed by atoms with van der Waals surface area (Å²) < 4.78 is 0. The highest BCUT2D eigenvalue weighted by Gasteiger charge is 2.31. The highest BCUT2D eigenvalue weighted by atomic mass is 16.2. The van der Waals surface area contributed by atoms with E-state index >= 15 is 0 Å². The molecule has 194 valence electrons. The molecule has 1 heterocycles. The van der Waals surface area contributed by atoms with E-state index in [9.17, 15) is 14.6 Å². The third-order valence-corrected chi connectivity index (χ3v) is 7.70. The number of carbonyl (C=O) groups excluding carboxylic acids is 2. The molecule has 0 radical (unpaired) electrons. The number of aromatic nitrogens is 2. The van der Waals surface area contributed by atoms with Crippen molar-refractivity contribution in [1.29, 1.82) is 0 Å². The number of nitrogens with one attached hydrogen (secondary N) is 2. The third-order valence-electron chi connectivity index (χ3n) is 7.70. The van der Waals surface area contributed by atoms with E-state index in [-0.39, 0.29) is 24.1 Å². The smallest absolute Gasteiger partial charge is 0.308 e. The van der Waals surface area contributed by atoms with Crippen LogP contribution in [0.25, 0.3) is 22.4 Å². The molecular weight excluding hydrogens is 473 g/mol. The Morgan fingerprint density at radius 1 is 1.05 bits per heavy atom. The minimum absolute atomic E-state index is 0.0852. The van der Waals surface area contributed by atoms with Crippen molar-refractivity contribution in [3.05, 3.63) is 90.0 Å². The largest absolute Gasteiger partial charge is 0.449 e. The number of Topliss-reactive ketones (excluding diaryl/α,β-unsaturated/α-hetero) is 1. The SMILES string of the molecule is CB(O)[C@H](CC1CCC1)NC(=O)[C@@H](CC(=O)c1ccc2nc(-c3ccccc3)[nH]c2c1)Cc1ccccc1. The lowest BCUT2D eigenvalue weighted by atomic mass is 9.59. The maximum atomic E-state index is 13.5. The average molecular weight is 507 g/mol. The molecule has 1 aliphatic carbocycles. The monoisotopic (exact) mass is 507 g/mol. The molecule has 0 bridgehead atoms. The summed E-state index contributed by atoms with van der Waals surface area (Å²) in [5.74, 6) is 0.185. The first kappa shape index (κ1) is 25.9. The molecule has 1 aliphatic rings. The zero-order valence-corrected chi connectivity index (χ0v) is 21.8. The summed E-state index contributed by atoms with van der Waals surface area (Å²) in [4.78, 5) is 34.9. The number of H-pyrrole nitrogens is 1. The van der Waals surface area contributed by atoms with Gasteiger partial charge in [0.25, 0.3) is 0 Å². The molecule has 6 nitrogen and oxygen atoms in total. The van der Waals surface area contributed by atoms with E-state index in [0.717, 1.165) is 47.2 Å². The van der Waals surface area contributed by atoms with Gasteiger partial charge in [-0.2, -0.15) is 0 Å². The number of fused-ring (bicyclic) bond motifs is 1. The van der Waals surface area contributed by atoms with Gasteiger partial charge in [0.2, 0.25) is 5.91 Å². The average Bonchev–Trinajstić information content (AvgIpc) is 3.34. The molecule has 38 heavy (non-hydrogen) atoms. The van der Waals surface area contributed by atoms with Crippen LogP contribution in [-0.4, -0.2) is 39.5 Å². The topological polar surface area (TPSA) is 95.1 Å². The van der Waals surface area contributed by atoms with Crippen molar-refractivity contribution in [1.82, 2.24) is 15.3 Å². The Balaban J connectivity index is 1.34. The molecule has 0 spiro atoms. The summed E-state index contributed by atoms with van der Waals surface area (Å²) in [6.45, 7) is 1.08. The highest BCUT2D eigenvalue weighted by molar-refractivity contribution is 6.51. The second-order valence-electron chi connectivity index (χ2n) is 10.6. The molecule has 7 heteroatoms. The van der Waals surface area contributed by atoms with Crippen LogP contribution in [-0.2, 0) is 11.2 Å². The predicted octanol–water partition coefficient (Wildman–Crippen LogP) is 5.49. The van der Waals surface area contributed by atoms with E-state index < -0.39 is 12.8 Å². The number of imidazole rings is 1. The van der Waals surface area contributed by atoms with Crippen molar-refractivity contribution in [3.63, 3.8) is 0 Å². The third kappa shape index (κ3) is 6.22. The number of hydrogen-bond acceptors (Lipinski definition) is 4. The first-order chi connectivity index (χ1) is 18.5. The molecule has 3 aromatic carbocycles. The van der Waals surface area contributed by atoms with Crippen LogP contribution < -0.4 is 5.32 Å². The summed E-state index contributed by atoms with van der Waals surface area (Å²) in [5, 5.41) is 13.4. The fourth-order valence-corrected chi connectivity index (χ4v) is 5.18. The summed E-state index contributed by atoms with van der Waals surface area (Å²) in [5.41, 5.74) is 4.10. The minimum atomic E-state index is -0.644. The zero-order chi connectivity index (χ0) is 26.5. The van der Waals surface area contributed by atoms with Gasteiger partial charge in [-0.1, -0.05) is 86.7 Å². The van der Waals surface area contributed by atoms with Crippen LogP contribution in [0.5, 0.6) is 0 Å². The lowest BCUT2D eigenvalue weighted by Crippen LogP contribution is -2.49. The van der Waals surface area contributed by atoms with Crippen LogP contribution in [0.15, 0.2) is 78.9 Å². The first-order valence-electron chi connectivity index (χ1n) is 13.6. The van der Waals surface area contributed by atoms with E-state index in [4.69, 9.17) is 0 Å². The predicted molar refractivity (Wildman–Crippen MR) is 152 cm³/mol. The molecule has 2 atom stereocenters. The number of ketones is 1. The normalized spacial score (nSPS) is 15.0. The van der Waals surface area contributed by atoms with E-state index in [1.54, 1.807) is 12.9 Å². The van der Waals surface area contributed by atoms with Gasteiger partial charge in [-0.25, -0.2) is 4.98 Å². The number of aromatic amines is 1.